The van der Waals surface area contributed by atoms with E-state index in [4.69, 9.17) is 5.73 Å². The Balaban J connectivity index is 1.91. The van der Waals surface area contributed by atoms with Gasteiger partial charge in [-0.3, -0.25) is 14.5 Å². The van der Waals surface area contributed by atoms with E-state index < -0.39 is 0 Å². The van der Waals surface area contributed by atoms with Crippen molar-refractivity contribution in [3.8, 4) is 0 Å². The number of nitrogens with zero attached hydrogens (tertiary/aromatic N) is 2. The van der Waals surface area contributed by atoms with Crippen molar-refractivity contribution in [1.82, 2.24) is 9.80 Å². The third-order valence-corrected chi connectivity index (χ3v) is 3.97. The Labute approximate surface area is 125 Å². The monoisotopic (exact) mass is 289 g/mol. The lowest BCUT2D eigenvalue weighted by molar-refractivity contribution is -0.134. The molecule has 0 aliphatic carbocycles. The second-order valence-corrected chi connectivity index (χ2v) is 5.62. The van der Waals surface area contributed by atoms with Crippen molar-refractivity contribution < 1.29 is 9.59 Å². The number of likely N-dealkylation sites (N-methyl/N-ethyl adjacent to an activating group) is 1. The number of primary amides is 1. The average molecular weight is 289 g/mol. The van der Waals surface area contributed by atoms with Crippen molar-refractivity contribution in [2.75, 3.05) is 20.1 Å². The fraction of sp³-hybridized carbons (Fsp3) is 0.500. The lowest BCUT2D eigenvalue weighted by Gasteiger charge is -2.34. The molecule has 1 atom stereocenters. The summed E-state index contributed by atoms with van der Waals surface area (Å²) in [6, 6.07) is 9.57. The van der Waals surface area contributed by atoms with E-state index in [-0.39, 0.29) is 24.4 Å². The lowest BCUT2D eigenvalue weighted by Crippen LogP contribution is -2.51. The molecule has 5 nitrogen and oxygen atoms in total. The summed E-state index contributed by atoms with van der Waals surface area (Å²) < 4.78 is 0. The molecule has 0 spiro atoms. The zero-order valence-electron chi connectivity index (χ0n) is 12.5. The van der Waals surface area contributed by atoms with Crippen LogP contribution in [0.4, 0.5) is 0 Å². The number of nitrogens with two attached hydrogens (primary N) is 1. The molecule has 114 valence electrons. The number of hydrogen-bond acceptors (Lipinski definition) is 3. The van der Waals surface area contributed by atoms with Gasteiger partial charge in [-0.05, 0) is 24.9 Å². The van der Waals surface area contributed by atoms with Gasteiger partial charge in [-0.15, -0.1) is 0 Å². The Kier molecular flexibility index (Phi) is 5.33. The van der Waals surface area contributed by atoms with E-state index in [9.17, 15) is 9.59 Å². The molecule has 0 saturated carbocycles. The van der Waals surface area contributed by atoms with Crippen LogP contribution in [0.25, 0.3) is 0 Å². The molecule has 1 unspecified atom stereocenters. The largest absolute Gasteiger partial charge is 0.368 e. The van der Waals surface area contributed by atoms with Crippen LogP contribution in [0.5, 0.6) is 0 Å². The maximum Gasteiger partial charge on any atom is 0.236 e. The van der Waals surface area contributed by atoms with Crippen molar-refractivity contribution in [3.63, 3.8) is 0 Å². The van der Waals surface area contributed by atoms with Gasteiger partial charge in [0.25, 0.3) is 0 Å². The molecule has 5 heteroatoms. The fourth-order valence-electron chi connectivity index (χ4n) is 2.74. The summed E-state index contributed by atoms with van der Waals surface area (Å²) in [7, 11) is 1.79. The number of benzene rings is 1. The van der Waals surface area contributed by atoms with Gasteiger partial charge in [-0.1, -0.05) is 36.8 Å². The number of piperidine rings is 1. The molecule has 1 saturated heterocycles. The molecule has 1 aliphatic heterocycles. The van der Waals surface area contributed by atoms with Crippen LogP contribution >= 0.6 is 0 Å². The first-order valence-corrected chi connectivity index (χ1v) is 7.39. The highest BCUT2D eigenvalue weighted by Gasteiger charge is 2.28. The van der Waals surface area contributed by atoms with Gasteiger partial charge in [-0.2, -0.15) is 0 Å². The summed E-state index contributed by atoms with van der Waals surface area (Å²) in [5, 5.41) is 0. The van der Waals surface area contributed by atoms with Crippen LogP contribution in [0, 0.1) is 0 Å². The van der Waals surface area contributed by atoms with Gasteiger partial charge in [0.2, 0.25) is 11.8 Å². The van der Waals surface area contributed by atoms with Crippen molar-refractivity contribution in [2.24, 2.45) is 5.73 Å². The van der Waals surface area contributed by atoms with Gasteiger partial charge in [0.15, 0.2) is 0 Å². The first kappa shape index (κ1) is 15.5. The van der Waals surface area contributed by atoms with E-state index in [2.05, 4.69) is 0 Å². The van der Waals surface area contributed by atoms with Crippen LogP contribution in [0.2, 0.25) is 0 Å². The second kappa shape index (κ2) is 7.22. The number of hydrogen-bond donors (Lipinski definition) is 1. The Morgan fingerprint density at radius 3 is 2.67 bits per heavy atom. The normalized spacial score (nSPS) is 19.2. The molecule has 2 N–H and O–H groups in total. The van der Waals surface area contributed by atoms with Crippen molar-refractivity contribution in [2.45, 2.75) is 31.8 Å². The molecule has 21 heavy (non-hydrogen) atoms. The number of rotatable bonds is 5. The number of likely N-dealkylation sites (tertiary alicyclic amines) is 1. The predicted octanol–water partition coefficient (Wildman–Crippen LogP) is 0.985. The SMILES string of the molecule is CN(Cc1ccccc1)C(=O)CN1CCCCC1C(N)=O. The molecule has 1 fully saturated rings. The zero-order chi connectivity index (χ0) is 15.2. The number of carbonyl (C=O) groups excluding carboxylic acids is 2. The molecule has 2 rings (SSSR count). The maximum absolute atomic E-state index is 12.3. The Bertz CT molecular complexity index is 490. The third-order valence-electron chi connectivity index (χ3n) is 3.97. The molecule has 0 radical (unpaired) electrons. The van der Waals surface area contributed by atoms with Gasteiger partial charge in [-0.25, -0.2) is 0 Å². The minimum atomic E-state index is -0.326. The quantitative estimate of drug-likeness (QED) is 0.879. The first-order chi connectivity index (χ1) is 10.1. The van der Waals surface area contributed by atoms with Crippen LogP contribution in [0.1, 0.15) is 24.8 Å². The topological polar surface area (TPSA) is 66.6 Å². The molecule has 1 aliphatic rings. The molecule has 1 heterocycles. The van der Waals surface area contributed by atoms with Crippen molar-refractivity contribution >= 4 is 11.8 Å². The van der Waals surface area contributed by atoms with Crippen LogP contribution in [0.3, 0.4) is 0 Å². The minimum absolute atomic E-state index is 0.0204. The lowest BCUT2D eigenvalue weighted by atomic mass is 10.0. The molecule has 2 amide bonds. The summed E-state index contributed by atoms with van der Waals surface area (Å²) in [5.41, 5.74) is 6.52. The number of carbonyl (C=O) groups is 2. The molecule has 0 bridgehead atoms. The summed E-state index contributed by atoms with van der Waals surface area (Å²) in [5.74, 6) is -0.305. The average Bonchev–Trinajstić information content (AvgIpc) is 2.48. The van der Waals surface area contributed by atoms with Crippen LogP contribution in [0.15, 0.2) is 30.3 Å². The summed E-state index contributed by atoms with van der Waals surface area (Å²) in [6.45, 7) is 1.60. The maximum atomic E-state index is 12.3. The molecular weight excluding hydrogens is 266 g/mol. The predicted molar refractivity (Wildman–Crippen MR) is 81.3 cm³/mol. The standard InChI is InChI=1S/C16H23N3O2/c1-18(11-13-7-3-2-4-8-13)15(20)12-19-10-6-5-9-14(19)16(17)21/h2-4,7-8,14H,5-6,9-12H2,1H3,(H2,17,21). The molecule has 1 aromatic rings. The Morgan fingerprint density at radius 1 is 1.29 bits per heavy atom. The highest BCUT2D eigenvalue weighted by atomic mass is 16.2. The van der Waals surface area contributed by atoms with E-state index in [0.717, 1.165) is 31.4 Å². The van der Waals surface area contributed by atoms with Gasteiger partial charge in [0.05, 0.1) is 12.6 Å². The van der Waals surface area contributed by atoms with Gasteiger partial charge < -0.3 is 10.6 Å². The smallest absolute Gasteiger partial charge is 0.236 e. The highest BCUT2D eigenvalue weighted by Crippen LogP contribution is 2.16. The molecular formula is C16H23N3O2. The fourth-order valence-corrected chi connectivity index (χ4v) is 2.74. The number of amides is 2. The van der Waals surface area contributed by atoms with E-state index in [1.807, 2.05) is 35.2 Å². The van der Waals surface area contributed by atoms with E-state index >= 15 is 0 Å². The summed E-state index contributed by atoms with van der Waals surface area (Å²) >= 11 is 0. The highest BCUT2D eigenvalue weighted by molar-refractivity contribution is 5.82. The van der Waals surface area contributed by atoms with E-state index in [1.165, 1.54) is 0 Å². The minimum Gasteiger partial charge on any atom is -0.368 e. The van der Waals surface area contributed by atoms with Gasteiger partial charge >= 0.3 is 0 Å². The third kappa shape index (κ3) is 4.29. The zero-order valence-corrected chi connectivity index (χ0v) is 12.5. The van der Waals surface area contributed by atoms with Crippen LogP contribution in [-0.2, 0) is 16.1 Å². The Hall–Kier alpha value is -1.88. The van der Waals surface area contributed by atoms with Gasteiger partial charge in [0, 0.05) is 13.6 Å². The summed E-state index contributed by atoms with van der Waals surface area (Å²) in [6.07, 6.45) is 2.77. The summed E-state index contributed by atoms with van der Waals surface area (Å²) in [4.78, 5) is 27.4. The Morgan fingerprint density at radius 2 is 2.00 bits per heavy atom. The van der Waals surface area contributed by atoms with Crippen LogP contribution < -0.4 is 5.73 Å². The van der Waals surface area contributed by atoms with Crippen LogP contribution in [-0.4, -0.2) is 47.8 Å². The van der Waals surface area contributed by atoms with E-state index in [1.54, 1.807) is 11.9 Å². The second-order valence-electron chi connectivity index (χ2n) is 5.62. The van der Waals surface area contributed by atoms with Gasteiger partial charge in [0.1, 0.15) is 0 Å². The molecule has 1 aromatic carbocycles. The molecule has 0 aromatic heterocycles. The van der Waals surface area contributed by atoms with E-state index in [0.29, 0.717) is 6.54 Å². The first-order valence-electron chi connectivity index (χ1n) is 7.39. The van der Waals surface area contributed by atoms with Crippen molar-refractivity contribution in [3.05, 3.63) is 35.9 Å². The van der Waals surface area contributed by atoms with Crippen molar-refractivity contribution in [1.29, 1.82) is 0 Å².